The number of carbonyl (C=O) groups excluding carboxylic acids is 1. The van der Waals surface area contributed by atoms with E-state index >= 15 is 0 Å². The van der Waals surface area contributed by atoms with Gasteiger partial charge < -0.3 is 19.1 Å². The lowest BCUT2D eigenvalue weighted by Gasteiger charge is -2.35. The summed E-state index contributed by atoms with van der Waals surface area (Å²) in [4.78, 5) is 21.6. The molecule has 1 aliphatic rings. The number of aryl methyl sites for hydroxylation is 1. The van der Waals surface area contributed by atoms with Gasteiger partial charge in [-0.1, -0.05) is 17.3 Å². The Morgan fingerprint density at radius 3 is 2.80 bits per heavy atom. The molecule has 0 N–H and O–H groups in total. The van der Waals surface area contributed by atoms with Crippen molar-refractivity contribution in [3.05, 3.63) is 72.2 Å². The van der Waals surface area contributed by atoms with E-state index in [-0.39, 0.29) is 5.91 Å². The molecule has 0 atom stereocenters. The predicted molar refractivity (Wildman–Crippen MR) is 114 cm³/mol. The number of carbonyl (C=O) groups is 1. The molecule has 150 valence electrons. The van der Waals surface area contributed by atoms with Crippen LogP contribution in [-0.2, 0) is 0 Å². The number of aromatic nitrogens is 2. The van der Waals surface area contributed by atoms with Gasteiger partial charge >= 0.3 is 0 Å². The van der Waals surface area contributed by atoms with Crippen LogP contribution in [0.2, 0.25) is 0 Å². The second-order valence-corrected chi connectivity index (χ2v) is 7.27. The van der Waals surface area contributed by atoms with Crippen molar-refractivity contribution in [1.82, 2.24) is 10.1 Å². The van der Waals surface area contributed by atoms with Gasteiger partial charge in [-0.25, -0.2) is 0 Å². The third-order valence-corrected chi connectivity index (χ3v) is 5.35. The maximum absolute atomic E-state index is 13.5. The minimum absolute atomic E-state index is 0.138. The number of rotatable bonds is 3. The van der Waals surface area contributed by atoms with Gasteiger partial charge in [0.2, 0.25) is 0 Å². The van der Waals surface area contributed by atoms with Gasteiger partial charge in [-0.3, -0.25) is 9.78 Å². The van der Waals surface area contributed by atoms with E-state index in [0.29, 0.717) is 29.2 Å². The molecule has 7 nitrogen and oxygen atoms in total. The highest BCUT2D eigenvalue weighted by Gasteiger charge is 2.28. The van der Waals surface area contributed by atoms with Gasteiger partial charge in [-0.2, -0.15) is 0 Å². The molecule has 0 fully saturated rings. The average molecular weight is 400 g/mol. The number of ether oxygens (including phenoxy) is 1. The lowest BCUT2D eigenvalue weighted by Crippen LogP contribution is -2.42. The molecule has 0 aliphatic carbocycles. The predicted octanol–water partition coefficient (Wildman–Crippen LogP) is 4.42. The third-order valence-electron chi connectivity index (χ3n) is 5.35. The fraction of sp³-hybridized carbons (Fsp3) is 0.174. The molecule has 2 aromatic heterocycles. The van der Waals surface area contributed by atoms with Gasteiger partial charge in [-0.05, 0) is 43.3 Å². The number of benzene rings is 2. The molecule has 3 heterocycles. The number of likely N-dealkylation sites (N-methyl/N-ethyl adjacent to an activating group) is 1. The minimum atomic E-state index is -0.138. The maximum Gasteiger partial charge on any atom is 0.263 e. The van der Waals surface area contributed by atoms with Crippen molar-refractivity contribution in [1.29, 1.82) is 0 Å². The number of nitrogens with zero attached hydrogens (tertiary/aromatic N) is 4. The van der Waals surface area contributed by atoms with E-state index in [1.54, 1.807) is 29.4 Å². The molecular formula is C23H20N4O3. The summed E-state index contributed by atoms with van der Waals surface area (Å²) in [7, 11) is 2.03. The van der Waals surface area contributed by atoms with Crippen LogP contribution in [0.25, 0.3) is 11.0 Å². The minimum Gasteiger partial charge on any atom is -0.456 e. The summed E-state index contributed by atoms with van der Waals surface area (Å²) in [5.41, 5.74) is 3.80. The molecule has 1 aliphatic heterocycles. The van der Waals surface area contributed by atoms with Gasteiger partial charge in [0, 0.05) is 37.9 Å². The summed E-state index contributed by atoms with van der Waals surface area (Å²) in [6.45, 7) is 3.22. The third kappa shape index (κ3) is 3.04. The largest absolute Gasteiger partial charge is 0.456 e. The standard InChI is InChI=1S/C23H20N4O3/c1-15-17-13-16(7-8-22(17)30-25-15)29-21-9-10-24-14-18(21)23(28)27-12-11-26(2)19-5-3-4-6-20(19)27/h3-10,13-14H,11-12H2,1-2H3. The molecule has 0 spiro atoms. The highest BCUT2D eigenvalue weighted by Crippen LogP contribution is 2.35. The Hall–Kier alpha value is -3.87. The zero-order chi connectivity index (χ0) is 20.7. The Labute approximate surface area is 173 Å². The number of hydrogen-bond acceptors (Lipinski definition) is 6. The van der Waals surface area contributed by atoms with E-state index in [4.69, 9.17) is 9.26 Å². The van der Waals surface area contributed by atoms with Crippen molar-refractivity contribution < 1.29 is 14.1 Å². The number of para-hydroxylation sites is 2. The Morgan fingerprint density at radius 2 is 1.93 bits per heavy atom. The van der Waals surface area contributed by atoms with Gasteiger partial charge in [0.1, 0.15) is 17.1 Å². The number of amides is 1. The molecule has 1 amide bonds. The molecule has 0 saturated heterocycles. The van der Waals surface area contributed by atoms with Crippen molar-refractivity contribution in [3.63, 3.8) is 0 Å². The van der Waals surface area contributed by atoms with E-state index in [9.17, 15) is 4.79 Å². The second kappa shape index (κ2) is 7.18. The van der Waals surface area contributed by atoms with Gasteiger partial charge in [0.05, 0.1) is 17.1 Å². The first-order valence-corrected chi connectivity index (χ1v) is 9.72. The number of anilines is 2. The molecule has 4 aromatic rings. The molecular weight excluding hydrogens is 380 g/mol. The lowest BCUT2D eigenvalue weighted by molar-refractivity contribution is 0.0984. The molecule has 2 aromatic carbocycles. The fourth-order valence-electron chi connectivity index (χ4n) is 3.72. The van der Waals surface area contributed by atoms with E-state index in [0.717, 1.165) is 29.0 Å². The molecule has 0 radical (unpaired) electrons. The van der Waals surface area contributed by atoms with Crippen molar-refractivity contribution >= 4 is 28.3 Å². The molecule has 7 heteroatoms. The number of fused-ring (bicyclic) bond motifs is 2. The zero-order valence-electron chi connectivity index (χ0n) is 16.7. The van der Waals surface area contributed by atoms with Gasteiger partial charge in [0.15, 0.2) is 5.58 Å². The van der Waals surface area contributed by atoms with Crippen LogP contribution in [0.3, 0.4) is 0 Å². The van der Waals surface area contributed by atoms with Crippen LogP contribution in [0, 0.1) is 6.92 Å². The summed E-state index contributed by atoms with van der Waals surface area (Å²) < 4.78 is 11.4. The van der Waals surface area contributed by atoms with Gasteiger partial charge in [-0.15, -0.1) is 0 Å². The van der Waals surface area contributed by atoms with E-state index in [1.165, 1.54) is 0 Å². The average Bonchev–Trinajstić information content (AvgIpc) is 3.14. The topological polar surface area (TPSA) is 71.7 Å². The van der Waals surface area contributed by atoms with Gasteiger partial charge in [0.25, 0.3) is 5.91 Å². The SMILES string of the molecule is Cc1noc2ccc(Oc3ccncc3C(=O)N3CCN(C)c4ccccc43)cc12. The summed E-state index contributed by atoms with van der Waals surface area (Å²) >= 11 is 0. The highest BCUT2D eigenvalue weighted by molar-refractivity contribution is 6.09. The molecule has 5 rings (SSSR count). The van der Waals surface area contributed by atoms with Crippen molar-refractivity contribution in [2.75, 3.05) is 29.9 Å². The quantitative estimate of drug-likeness (QED) is 0.507. The van der Waals surface area contributed by atoms with Crippen LogP contribution in [0.15, 0.2) is 65.4 Å². The van der Waals surface area contributed by atoms with E-state index in [1.807, 2.05) is 50.4 Å². The van der Waals surface area contributed by atoms with Crippen molar-refractivity contribution in [3.8, 4) is 11.5 Å². The Kier molecular flexibility index (Phi) is 4.35. The number of hydrogen-bond donors (Lipinski definition) is 0. The Balaban J connectivity index is 1.49. The monoisotopic (exact) mass is 400 g/mol. The number of pyridine rings is 1. The van der Waals surface area contributed by atoms with Crippen molar-refractivity contribution in [2.24, 2.45) is 0 Å². The summed E-state index contributed by atoms with van der Waals surface area (Å²) in [5.74, 6) is 0.925. The van der Waals surface area contributed by atoms with Crippen LogP contribution in [0.4, 0.5) is 11.4 Å². The zero-order valence-corrected chi connectivity index (χ0v) is 16.7. The highest BCUT2D eigenvalue weighted by atomic mass is 16.5. The smallest absolute Gasteiger partial charge is 0.263 e. The van der Waals surface area contributed by atoms with Crippen LogP contribution in [0.5, 0.6) is 11.5 Å². The summed E-state index contributed by atoms with van der Waals surface area (Å²) in [5, 5.41) is 4.85. The van der Waals surface area contributed by atoms with Crippen LogP contribution in [-0.4, -0.2) is 36.2 Å². The van der Waals surface area contributed by atoms with Crippen LogP contribution < -0.4 is 14.5 Å². The van der Waals surface area contributed by atoms with Crippen LogP contribution >= 0.6 is 0 Å². The molecule has 30 heavy (non-hydrogen) atoms. The second-order valence-electron chi connectivity index (χ2n) is 7.27. The normalized spacial score (nSPS) is 13.4. The first kappa shape index (κ1) is 18.2. The first-order valence-electron chi connectivity index (χ1n) is 9.72. The fourth-order valence-corrected chi connectivity index (χ4v) is 3.72. The maximum atomic E-state index is 13.5. The molecule has 0 saturated carbocycles. The van der Waals surface area contributed by atoms with Crippen molar-refractivity contribution in [2.45, 2.75) is 6.92 Å². The lowest BCUT2D eigenvalue weighted by atomic mass is 10.1. The van der Waals surface area contributed by atoms with Crippen LogP contribution in [0.1, 0.15) is 16.1 Å². The molecule has 0 bridgehead atoms. The summed E-state index contributed by atoms with van der Waals surface area (Å²) in [6.07, 6.45) is 3.18. The Morgan fingerprint density at radius 1 is 1.10 bits per heavy atom. The molecule has 0 unspecified atom stereocenters. The Bertz CT molecular complexity index is 1250. The van der Waals surface area contributed by atoms with E-state index in [2.05, 4.69) is 15.0 Å². The first-order chi connectivity index (χ1) is 14.6. The summed E-state index contributed by atoms with van der Waals surface area (Å²) in [6, 6.07) is 15.1. The van der Waals surface area contributed by atoms with E-state index < -0.39 is 0 Å².